The zero-order chi connectivity index (χ0) is 8.81. The van der Waals surface area contributed by atoms with Crippen LogP contribution in [-0.2, 0) is 15.7 Å². The Morgan fingerprint density at radius 1 is 1.33 bits per heavy atom. The normalized spacial score (nSPS) is 22.4. The van der Waals surface area contributed by atoms with Gasteiger partial charge in [0.05, 0.1) is 23.3 Å². The molecule has 3 nitrogen and oxygen atoms in total. The van der Waals surface area contributed by atoms with Crippen molar-refractivity contribution in [2.45, 2.75) is 19.3 Å². The molecule has 4 heteroatoms. The highest BCUT2D eigenvalue weighted by molar-refractivity contribution is 7.82. The molecule has 12 heavy (non-hydrogen) atoms. The number of methoxy groups -OCH3 is 1. The quantitative estimate of drug-likeness (QED) is 0.657. The first kappa shape index (κ1) is 10.2. The van der Waals surface area contributed by atoms with Crippen LogP contribution in [0.2, 0.25) is 0 Å². The van der Waals surface area contributed by atoms with E-state index in [0.29, 0.717) is 12.4 Å². The average Bonchev–Trinajstić information content (AvgIpc) is 2.15. The van der Waals surface area contributed by atoms with E-state index in [1.54, 1.807) is 7.11 Å². The molecule has 0 radical (unpaired) electrons. The van der Waals surface area contributed by atoms with Gasteiger partial charge >= 0.3 is 0 Å². The molecule has 1 aliphatic heterocycles. The fourth-order valence-electron chi connectivity index (χ4n) is 1.35. The second-order valence-electron chi connectivity index (χ2n) is 3.01. The van der Waals surface area contributed by atoms with E-state index in [4.69, 9.17) is 4.74 Å². The van der Waals surface area contributed by atoms with Gasteiger partial charge in [-0.15, -0.1) is 0 Å². The molecule has 1 aliphatic rings. The molecule has 1 fully saturated rings. The van der Waals surface area contributed by atoms with Crippen LogP contribution in [-0.4, -0.2) is 41.1 Å². The number of rotatable bonds is 4. The third-order valence-corrected chi connectivity index (χ3v) is 3.52. The van der Waals surface area contributed by atoms with Crippen molar-refractivity contribution >= 4 is 11.0 Å². The minimum atomic E-state index is -0.798. The van der Waals surface area contributed by atoms with Gasteiger partial charge in [0.15, 0.2) is 0 Å². The first-order valence-electron chi connectivity index (χ1n) is 4.47. The van der Waals surface area contributed by atoms with E-state index >= 15 is 0 Å². The van der Waals surface area contributed by atoms with E-state index in [9.17, 15) is 4.21 Å². The first-order chi connectivity index (χ1) is 5.84. The summed E-state index contributed by atoms with van der Waals surface area (Å²) in [6.45, 7) is 2.59. The fourth-order valence-corrected chi connectivity index (χ4v) is 2.59. The SMILES string of the molecule is COCCS(=O)N1CCCCC1. The van der Waals surface area contributed by atoms with Crippen LogP contribution < -0.4 is 0 Å². The molecule has 1 rings (SSSR count). The van der Waals surface area contributed by atoms with Crippen LogP contribution in [0.3, 0.4) is 0 Å². The van der Waals surface area contributed by atoms with E-state index in [1.165, 1.54) is 19.3 Å². The van der Waals surface area contributed by atoms with E-state index in [0.717, 1.165) is 13.1 Å². The molecule has 72 valence electrons. The molecule has 1 unspecified atom stereocenters. The van der Waals surface area contributed by atoms with E-state index in [1.807, 2.05) is 0 Å². The molecule has 0 saturated carbocycles. The second kappa shape index (κ2) is 5.67. The maximum Gasteiger partial charge on any atom is 0.0966 e. The number of ether oxygens (including phenoxy) is 1. The maximum atomic E-state index is 11.5. The summed E-state index contributed by atoms with van der Waals surface area (Å²) in [6.07, 6.45) is 3.68. The third kappa shape index (κ3) is 3.21. The van der Waals surface area contributed by atoms with Crippen molar-refractivity contribution < 1.29 is 8.95 Å². The average molecular weight is 191 g/mol. The summed E-state index contributed by atoms with van der Waals surface area (Å²) in [5.41, 5.74) is 0. The van der Waals surface area contributed by atoms with Crippen LogP contribution in [0, 0.1) is 0 Å². The van der Waals surface area contributed by atoms with Crippen LogP contribution in [0.25, 0.3) is 0 Å². The van der Waals surface area contributed by atoms with Gasteiger partial charge in [0.25, 0.3) is 0 Å². The molecular weight excluding hydrogens is 174 g/mol. The molecule has 1 heterocycles. The molecule has 0 spiro atoms. The van der Waals surface area contributed by atoms with Crippen molar-refractivity contribution in [1.82, 2.24) is 4.31 Å². The van der Waals surface area contributed by atoms with Crippen LogP contribution in [0.4, 0.5) is 0 Å². The minimum Gasteiger partial charge on any atom is -0.384 e. The molecule has 0 aromatic rings. The summed E-state index contributed by atoms with van der Waals surface area (Å²) in [5, 5.41) is 0. The van der Waals surface area contributed by atoms with Gasteiger partial charge in [-0.2, -0.15) is 0 Å². The predicted octanol–water partition coefficient (Wildman–Crippen LogP) is 0.782. The Hall–Kier alpha value is 0.0700. The van der Waals surface area contributed by atoms with Crippen molar-refractivity contribution in [2.24, 2.45) is 0 Å². The zero-order valence-electron chi connectivity index (χ0n) is 7.62. The van der Waals surface area contributed by atoms with Gasteiger partial charge in [0.1, 0.15) is 0 Å². The van der Waals surface area contributed by atoms with Gasteiger partial charge < -0.3 is 4.74 Å². The Bertz CT molecular complexity index is 146. The number of hydrogen-bond acceptors (Lipinski definition) is 2. The molecule has 1 saturated heterocycles. The third-order valence-electron chi connectivity index (χ3n) is 2.07. The number of hydrogen-bond donors (Lipinski definition) is 0. The lowest BCUT2D eigenvalue weighted by Crippen LogP contribution is -2.33. The van der Waals surface area contributed by atoms with Crippen molar-refractivity contribution in [3.05, 3.63) is 0 Å². The van der Waals surface area contributed by atoms with Gasteiger partial charge in [-0.25, -0.2) is 8.51 Å². The largest absolute Gasteiger partial charge is 0.384 e. The molecule has 0 amide bonds. The number of piperidine rings is 1. The summed E-state index contributed by atoms with van der Waals surface area (Å²) >= 11 is 0. The van der Waals surface area contributed by atoms with Crippen molar-refractivity contribution in [3.8, 4) is 0 Å². The fraction of sp³-hybridized carbons (Fsp3) is 1.00. The summed E-state index contributed by atoms with van der Waals surface area (Å²) in [5.74, 6) is 0.649. The first-order valence-corrected chi connectivity index (χ1v) is 5.74. The minimum absolute atomic E-state index is 0.600. The van der Waals surface area contributed by atoms with Crippen LogP contribution in [0.1, 0.15) is 19.3 Å². The zero-order valence-corrected chi connectivity index (χ0v) is 8.44. The van der Waals surface area contributed by atoms with Crippen LogP contribution in [0.15, 0.2) is 0 Å². The van der Waals surface area contributed by atoms with Crippen LogP contribution in [0.5, 0.6) is 0 Å². The highest BCUT2D eigenvalue weighted by Crippen LogP contribution is 2.10. The second-order valence-corrected chi connectivity index (χ2v) is 4.58. The molecule has 0 aromatic carbocycles. The lowest BCUT2D eigenvalue weighted by molar-refractivity contribution is 0.216. The summed E-state index contributed by atoms with van der Waals surface area (Å²) in [6, 6.07) is 0. The number of nitrogens with zero attached hydrogens (tertiary/aromatic N) is 1. The van der Waals surface area contributed by atoms with E-state index in [2.05, 4.69) is 4.31 Å². The van der Waals surface area contributed by atoms with Gasteiger partial charge in [0, 0.05) is 20.2 Å². The Balaban J connectivity index is 2.20. The van der Waals surface area contributed by atoms with E-state index in [-0.39, 0.29) is 0 Å². The summed E-state index contributed by atoms with van der Waals surface area (Å²) < 4.78 is 18.5. The molecular formula is C8H17NO2S. The molecule has 0 bridgehead atoms. The molecule has 0 aliphatic carbocycles. The van der Waals surface area contributed by atoms with Gasteiger partial charge in [-0.1, -0.05) is 6.42 Å². The van der Waals surface area contributed by atoms with Crippen molar-refractivity contribution in [1.29, 1.82) is 0 Å². The Morgan fingerprint density at radius 3 is 2.58 bits per heavy atom. The topological polar surface area (TPSA) is 29.5 Å². The van der Waals surface area contributed by atoms with Crippen LogP contribution >= 0.6 is 0 Å². The summed E-state index contributed by atoms with van der Waals surface area (Å²) in [4.78, 5) is 0. The monoisotopic (exact) mass is 191 g/mol. The van der Waals surface area contributed by atoms with Crippen molar-refractivity contribution in [3.63, 3.8) is 0 Å². The Morgan fingerprint density at radius 2 is 2.00 bits per heavy atom. The highest BCUT2D eigenvalue weighted by Gasteiger charge is 2.15. The molecule has 1 atom stereocenters. The Labute approximate surface area is 76.7 Å². The van der Waals surface area contributed by atoms with Gasteiger partial charge in [-0.3, -0.25) is 0 Å². The maximum absolute atomic E-state index is 11.5. The molecule has 0 aromatic heterocycles. The lowest BCUT2D eigenvalue weighted by atomic mass is 10.2. The van der Waals surface area contributed by atoms with Crippen molar-refractivity contribution in [2.75, 3.05) is 32.6 Å². The highest BCUT2D eigenvalue weighted by atomic mass is 32.2. The lowest BCUT2D eigenvalue weighted by Gasteiger charge is -2.24. The smallest absolute Gasteiger partial charge is 0.0966 e. The Kier molecular flexibility index (Phi) is 4.80. The van der Waals surface area contributed by atoms with Gasteiger partial charge in [-0.05, 0) is 12.8 Å². The molecule has 0 N–H and O–H groups in total. The van der Waals surface area contributed by atoms with Gasteiger partial charge in [0.2, 0.25) is 0 Å². The summed E-state index contributed by atoms with van der Waals surface area (Å²) in [7, 11) is 0.848. The standard InChI is InChI=1S/C8H17NO2S/c1-11-7-8-12(10)9-5-3-2-4-6-9/h2-8H2,1H3. The predicted molar refractivity (Wildman–Crippen MR) is 50.3 cm³/mol. The van der Waals surface area contributed by atoms with E-state index < -0.39 is 11.0 Å².